The Morgan fingerprint density at radius 3 is 2.89 bits per heavy atom. The van der Waals surface area contributed by atoms with Crippen molar-refractivity contribution >= 4 is 0 Å². The van der Waals surface area contributed by atoms with Crippen molar-refractivity contribution in [1.29, 1.82) is 0 Å². The van der Waals surface area contributed by atoms with E-state index >= 15 is 0 Å². The molecular weight excluding hydrogens is 224 g/mol. The number of nitrogens with one attached hydrogen (secondary N) is 1. The number of H-pyrrole nitrogens is 1. The van der Waals surface area contributed by atoms with Gasteiger partial charge >= 0.3 is 0 Å². The number of hydrogen-bond acceptors (Lipinski definition) is 3. The van der Waals surface area contributed by atoms with Crippen molar-refractivity contribution < 1.29 is 0 Å². The lowest BCUT2D eigenvalue weighted by Gasteiger charge is -2.33. The first-order valence-corrected chi connectivity index (χ1v) is 6.95. The number of fused-ring (bicyclic) bond motifs is 1. The quantitative estimate of drug-likeness (QED) is 0.771. The van der Waals surface area contributed by atoms with Gasteiger partial charge in [-0.15, -0.1) is 0 Å². The summed E-state index contributed by atoms with van der Waals surface area (Å²) in [6.45, 7) is 4.39. The van der Waals surface area contributed by atoms with Gasteiger partial charge in [0.2, 0.25) is 0 Å². The summed E-state index contributed by atoms with van der Waals surface area (Å²) in [5.41, 5.74) is 10.5. The van der Waals surface area contributed by atoms with Crippen LogP contribution in [-0.2, 0) is 13.0 Å². The minimum Gasteiger partial charge on any atom is -0.361 e. The molecule has 1 saturated heterocycles. The summed E-state index contributed by atoms with van der Waals surface area (Å²) in [6.07, 6.45) is 2.29. The summed E-state index contributed by atoms with van der Waals surface area (Å²) in [6, 6.07) is 2.70. The zero-order chi connectivity index (χ0) is 12.7. The highest BCUT2D eigenvalue weighted by atomic mass is 15.1. The lowest BCUT2D eigenvalue weighted by atomic mass is 9.92. The van der Waals surface area contributed by atoms with Crippen LogP contribution in [0.5, 0.6) is 0 Å². The number of aromatic nitrogens is 1. The summed E-state index contributed by atoms with van der Waals surface area (Å²) in [5.74, 6) is 0.578. The molecular formula is C14H24N4. The fraction of sp³-hybridized carbons (Fsp3) is 0.714. The van der Waals surface area contributed by atoms with Crippen LogP contribution in [0.15, 0.2) is 6.07 Å². The smallest absolute Gasteiger partial charge is 0.0385 e. The molecule has 3 N–H and O–H groups in total. The van der Waals surface area contributed by atoms with E-state index in [2.05, 4.69) is 34.9 Å². The van der Waals surface area contributed by atoms with Crippen LogP contribution in [0.4, 0.5) is 0 Å². The molecule has 100 valence electrons. The summed E-state index contributed by atoms with van der Waals surface area (Å²) in [7, 11) is 4.36. The average molecular weight is 248 g/mol. The Labute approximate surface area is 109 Å². The van der Waals surface area contributed by atoms with Crippen LogP contribution in [0, 0.1) is 0 Å². The molecule has 0 aromatic carbocycles. The summed E-state index contributed by atoms with van der Waals surface area (Å²) >= 11 is 0. The van der Waals surface area contributed by atoms with Crippen molar-refractivity contribution in [2.24, 2.45) is 5.73 Å². The zero-order valence-corrected chi connectivity index (χ0v) is 11.4. The number of piperidine rings is 1. The molecule has 0 aliphatic carbocycles. The van der Waals surface area contributed by atoms with E-state index in [1.807, 2.05) is 0 Å². The number of likely N-dealkylation sites (N-methyl/N-ethyl adjacent to an activating group) is 2. The molecule has 4 heteroatoms. The number of nitrogens with zero attached hydrogens (tertiary/aromatic N) is 2. The van der Waals surface area contributed by atoms with Gasteiger partial charge in [-0.05, 0) is 38.6 Å². The van der Waals surface area contributed by atoms with Crippen LogP contribution in [0.25, 0.3) is 0 Å². The second-order valence-corrected chi connectivity index (χ2v) is 6.13. The van der Waals surface area contributed by atoms with Gasteiger partial charge in [0, 0.05) is 49.5 Å². The topological polar surface area (TPSA) is 48.3 Å². The van der Waals surface area contributed by atoms with Crippen LogP contribution in [0.3, 0.4) is 0 Å². The Morgan fingerprint density at radius 2 is 2.11 bits per heavy atom. The Bertz CT molecular complexity index is 415. The van der Waals surface area contributed by atoms with Gasteiger partial charge in [0.15, 0.2) is 0 Å². The van der Waals surface area contributed by atoms with Gasteiger partial charge in [0.05, 0.1) is 0 Å². The minimum atomic E-state index is 0.316. The van der Waals surface area contributed by atoms with E-state index in [1.54, 1.807) is 0 Å². The van der Waals surface area contributed by atoms with Crippen molar-refractivity contribution in [3.8, 4) is 0 Å². The molecule has 3 heterocycles. The van der Waals surface area contributed by atoms with E-state index in [0.717, 1.165) is 26.1 Å². The minimum absolute atomic E-state index is 0.316. The van der Waals surface area contributed by atoms with Gasteiger partial charge in [-0.3, -0.25) is 0 Å². The third-order valence-corrected chi connectivity index (χ3v) is 4.31. The van der Waals surface area contributed by atoms with Crippen LogP contribution < -0.4 is 5.73 Å². The lowest BCUT2D eigenvalue weighted by molar-refractivity contribution is 0.225. The van der Waals surface area contributed by atoms with Crippen molar-refractivity contribution in [3.63, 3.8) is 0 Å². The summed E-state index contributed by atoms with van der Waals surface area (Å²) < 4.78 is 0. The maximum atomic E-state index is 6.13. The van der Waals surface area contributed by atoms with Crippen LogP contribution in [-0.4, -0.2) is 54.6 Å². The van der Waals surface area contributed by atoms with Crippen molar-refractivity contribution in [1.82, 2.24) is 14.8 Å². The second kappa shape index (κ2) is 4.68. The van der Waals surface area contributed by atoms with Gasteiger partial charge in [-0.1, -0.05) is 0 Å². The number of nitrogens with two attached hydrogens (primary N) is 1. The second-order valence-electron chi connectivity index (χ2n) is 6.13. The van der Waals surface area contributed by atoms with Crippen LogP contribution in [0.2, 0.25) is 0 Å². The molecule has 0 radical (unpaired) electrons. The molecule has 2 atom stereocenters. The zero-order valence-electron chi connectivity index (χ0n) is 11.4. The van der Waals surface area contributed by atoms with Gasteiger partial charge in [0.25, 0.3) is 0 Å². The van der Waals surface area contributed by atoms with Crippen molar-refractivity contribution in [2.75, 3.05) is 33.7 Å². The maximum Gasteiger partial charge on any atom is 0.0385 e. The standard InChI is InChI=1S/C14H24N4/c1-17-4-3-10-6-13(16-14(10)9-17)11-5-12(15)8-18(2)7-11/h6,11-12,16H,3-5,7-9,15H2,1-2H3. The van der Waals surface area contributed by atoms with Gasteiger partial charge in [0.1, 0.15) is 0 Å². The number of hydrogen-bond donors (Lipinski definition) is 2. The molecule has 18 heavy (non-hydrogen) atoms. The predicted molar refractivity (Wildman–Crippen MR) is 73.7 cm³/mol. The SMILES string of the molecule is CN1CCc2cc(C3CC(N)CN(C)C3)[nH]c2C1. The Kier molecular flexibility index (Phi) is 3.18. The molecule has 0 saturated carbocycles. The lowest BCUT2D eigenvalue weighted by Crippen LogP contribution is -2.44. The Hall–Kier alpha value is -0.840. The maximum absolute atomic E-state index is 6.13. The van der Waals surface area contributed by atoms with Crippen LogP contribution in [0.1, 0.15) is 29.3 Å². The van der Waals surface area contributed by atoms with Crippen molar-refractivity contribution in [2.45, 2.75) is 31.3 Å². The first kappa shape index (κ1) is 12.2. The number of aromatic amines is 1. The molecule has 1 aromatic heterocycles. The van der Waals surface area contributed by atoms with Crippen LogP contribution >= 0.6 is 0 Å². The highest BCUT2D eigenvalue weighted by Gasteiger charge is 2.26. The van der Waals surface area contributed by atoms with E-state index in [1.165, 1.54) is 29.9 Å². The molecule has 3 rings (SSSR count). The molecule has 2 aliphatic rings. The molecule has 0 amide bonds. The summed E-state index contributed by atoms with van der Waals surface area (Å²) in [4.78, 5) is 8.38. The molecule has 0 bridgehead atoms. The first-order valence-electron chi connectivity index (χ1n) is 6.95. The third kappa shape index (κ3) is 2.32. The molecule has 1 aromatic rings. The fourth-order valence-electron chi connectivity index (χ4n) is 3.40. The number of rotatable bonds is 1. The Morgan fingerprint density at radius 1 is 1.28 bits per heavy atom. The number of likely N-dealkylation sites (tertiary alicyclic amines) is 1. The fourth-order valence-corrected chi connectivity index (χ4v) is 3.40. The van der Waals surface area contributed by atoms with E-state index in [0.29, 0.717) is 12.0 Å². The molecule has 1 fully saturated rings. The van der Waals surface area contributed by atoms with Gasteiger partial charge in [-0.25, -0.2) is 0 Å². The van der Waals surface area contributed by atoms with Crippen molar-refractivity contribution in [3.05, 3.63) is 23.0 Å². The van der Waals surface area contributed by atoms with Gasteiger partial charge < -0.3 is 20.5 Å². The van der Waals surface area contributed by atoms with E-state index < -0.39 is 0 Å². The predicted octanol–water partition coefficient (Wildman–Crippen LogP) is 0.749. The van der Waals surface area contributed by atoms with E-state index in [-0.39, 0.29) is 0 Å². The summed E-state index contributed by atoms with van der Waals surface area (Å²) in [5, 5.41) is 0. The molecule has 2 unspecified atom stereocenters. The molecule has 0 spiro atoms. The third-order valence-electron chi connectivity index (χ3n) is 4.31. The normalized spacial score (nSPS) is 30.4. The highest BCUT2D eigenvalue weighted by molar-refractivity contribution is 5.30. The molecule has 4 nitrogen and oxygen atoms in total. The van der Waals surface area contributed by atoms with E-state index in [9.17, 15) is 0 Å². The largest absolute Gasteiger partial charge is 0.361 e. The monoisotopic (exact) mass is 248 g/mol. The first-order chi connectivity index (χ1) is 8.61. The van der Waals surface area contributed by atoms with E-state index in [4.69, 9.17) is 5.73 Å². The molecule has 2 aliphatic heterocycles. The Balaban J connectivity index is 1.80. The average Bonchev–Trinajstić information content (AvgIpc) is 2.70. The van der Waals surface area contributed by atoms with Gasteiger partial charge in [-0.2, -0.15) is 0 Å². The highest BCUT2D eigenvalue weighted by Crippen LogP contribution is 2.28.